The summed E-state index contributed by atoms with van der Waals surface area (Å²) in [6.07, 6.45) is 5.91. The minimum atomic E-state index is -0.816. The first kappa shape index (κ1) is 25.6. The van der Waals surface area contributed by atoms with E-state index in [-0.39, 0.29) is 12.5 Å². The molecule has 5 rings (SSSR count). The van der Waals surface area contributed by atoms with E-state index in [0.29, 0.717) is 13.0 Å². The lowest BCUT2D eigenvalue weighted by molar-refractivity contribution is -0.137. The lowest BCUT2D eigenvalue weighted by Crippen LogP contribution is -2.24. The quantitative estimate of drug-likeness (QED) is 0.185. The predicted octanol–water partition coefficient (Wildman–Crippen LogP) is 5.84. The van der Waals surface area contributed by atoms with Crippen LogP contribution in [0, 0.1) is 0 Å². The number of ether oxygens (including phenoxy) is 1. The molecule has 0 bridgehead atoms. The Bertz CT molecular complexity index is 1400. The lowest BCUT2D eigenvalue weighted by Gasteiger charge is -2.24. The van der Waals surface area contributed by atoms with Crippen molar-refractivity contribution in [1.29, 1.82) is 0 Å². The van der Waals surface area contributed by atoms with Gasteiger partial charge in [0.2, 0.25) is 6.41 Å². The maximum Gasteiger partial charge on any atom is 0.303 e. The molecule has 0 fully saturated rings. The molecule has 0 spiro atoms. The zero-order valence-electron chi connectivity index (χ0n) is 21.6. The van der Waals surface area contributed by atoms with E-state index < -0.39 is 5.97 Å². The van der Waals surface area contributed by atoms with E-state index >= 15 is 0 Å². The monoisotopic (exact) mass is 510 g/mol. The first-order valence-corrected chi connectivity index (χ1v) is 13.4. The van der Waals surface area contributed by atoms with Gasteiger partial charge in [0.15, 0.2) is 0 Å². The summed E-state index contributed by atoms with van der Waals surface area (Å²) >= 11 is 0. The van der Waals surface area contributed by atoms with Crippen LogP contribution in [0.1, 0.15) is 59.7 Å². The minimum Gasteiger partial charge on any atom is -0.493 e. The number of fused-ring (bicyclic) bond motifs is 3. The number of amides is 1. The Morgan fingerprint density at radius 1 is 1.03 bits per heavy atom. The molecule has 1 aliphatic carbocycles. The summed E-state index contributed by atoms with van der Waals surface area (Å²) in [7, 11) is 0. The van der Waals surface area contributed by atoms with E-state index in [1.54, 1.807) is 0 Å². The normalized spacial score (nSPS) is 14.7. The smallest absolute Gasteiger partial charge is 0.303 e. The van der Waals surface area contributed by atoms with E-state index in [2.05, 4.69) is 70.5 Å². The number of carboxylic acids is 1. The third kappa shape index (κ3) is 5.75. The molecule has 0 saturated carbocycles. The van der Waals surface area contributed by atoms with Crippen LogP contribution in [0.3, 0.4) is 0 Å². The largest absolute Gasteiger partial charge is 0.493 e. The van der Waals surface area contributed by atoms with Gasteiger partial charge in [0.1, 0.15) is 5.75 Å². The van der Waals surface area contributed by atoms with Crippen LogP contribution >= 0.6 is 0 Å². The summed E-state index contributed by atoms with van der Waals surface area (Å²) in [4.78, 5) is 22.5. The van der Waals surface area contributed by atoms with E-state index in [9.17, 15) is 9.59 Å². The van der Waals surface area contributed by atoms with Gasteiger partial charge in [-0.05, 0) is 67.3 Å². The Morgan fingerprint density at radius 3 is 2.47 bits per heavy atom. The molecule has 4 aromatic rings. The van der Waals surface area contributed by atoms with Crippen molar-refractivity contribution in [2.75, 3.05) is 6.61 Å². The molecule has 1 aromatic heterocycles. The molecule has 38 heavy (non-hydrogen) atoms. The highest BCUT2D eigenvalue weighted by molar-refractivity contribution is 5.89. The Labute approximate surface area is 223 Å². The van der Waals surface area contributed by atoms with Gasteiger partial charge in [0, 0.05) is 35.1 Å². The van der Waals surface area contributed by atoms with Gasteiger partial charge in [-0.25, -0.2) is 0 Å². The Morgan fingerprint density at radius 2 is 1.76 bits per heavy atom. The van der Waals surface area contributed by atoms with Gasteiger partial charge in [-0.3, -0.25) is 9.59 Å². The van der Waals surface area contributed by atoms with E-state index in [1.807, 2.05) is 12.1 Å². The average molecular weight is 511 g/mol. The van der Waals surface area contributed by atoms with Crippen LogP contribution in [-0.4, -0.2) is 28.7 Å². The van der Waals surface area contributed by atoms with Gasteiger partial charge in [0.05, 0.1) is 12.6 Å². The third-order valence-corrected chi connectivity index (χ3v) is 7.42. The number of hydrogen-bond donors (Lipinski definition) is 2. The fourth-order valence-electron chi connectivity index (χ4n) is 5.63. The first-order chi connectivity index (χ1) is 18.6. The van der Waals surface area contributed by atoms with Crippen molar-refractivity contribution in [3.8, 4) is 5.75 Å². The fraction of sp³-hybridized carbons (Fsp3) is 0.312. The number of aromatic nitrogens is 1. The van der Waals surface area contributed by atoms with Crippen LogP contribution in [0.5, 0.6) is 5.75 Å². The van der Waals surface area contributed by atoms with E-state index in [4.69, 9.17) is 9.84 Å². The third-order valence-electron chi connectivity index (χ3n) is 7.42. The molecule has 1 atom stereocenters. The van der Waals surface area contributed by atoms with Gasteiger partial charge in [-0.15, -0.1) is 0 Å². The molecule has 1 amide bonds. The number of aliphatic carboxylic acids is 1. The summed E-state index contributed by atoms with van der Waals surface area (Å²) < 4.78 is 8.65. The summed E-state index contributed by atoms with van der Waals surface area (Å²) in [5.74, 6) is -0.0166. The van der Waals surface area contributed by atoms with Crippen LogP contribution in [0.2, 0.25) is 0 Å². The highest BCUT2D eigenvalue weighted by Crippen LogP contribution is 2.41. The van der Waals surface area contributed by atoms with Crippen LogP contribution in [0.15, 0.2) is 72.8 Å². The van der Waals surface area contributed by atoms with Gasteiger partial charge in [-0.1, -0.05) is 60.7 Å². The van der Waals surface area contributed by atoms with Crippen molar-refractivity contribution in [2.24, 2.45) is 0 Å². The average Bonchev–Trinajstić information content (AvgIpc) is 3.24. The SMILES string of the molecule is O=CNC1CCCc2c1c1cc(OCCCC(=O)O)c(CCc3ccccc3)cc1n2Cc1ccccc1. The maximum atomic E-state index is 11.5. The van der Waals surface area contributed by atoms with Crippen LogP contribution in [-0.2, 0) is 35.4 Å². The topological polar surface area (TPSA) is 80.6 Å². The Kier molecular flexibility index (Phi) is 8.07. The second kappa shape index (κ2) is 12.0. The van der Waals surface area contributed by atoms with Crippen molar-refractivity contribution in [3.63, 3.8) is 0 Å². The minimum absolute atomic E-state index is 0.0363. The molecule has 6 heteroatoms. The van der Waals surface area contributed by atoms with Crippen LogP contribution in [0.25, 0.3) is 10.9 Å². The molecular formula is C32H34N2O4. The number of hydrogen-bond acceptors (Lipinski definition) is 3. The van der Waals surface area contributed by atoms with Crippen molar-refractivity contribution in [2.45, 2.75) is 57.5 Å². The number of rotatable bonds is 12. The standard InChI is InChI=1S/C32H34N2O4/c35-22-33-27-13-7-14-28-32(27)26-20-30(38-18-8-15-31(36)37)25(17-16-23-9-3-1-4-10-23)19-29(26)34(28)21-24-11-5-2-6-12-24/h1-6,9-12,19-20,22,27H,7-8,13-18,21H2,(H,33,35)(H,36,37). The van der Waals surface area contributed by atoms with Gasteiger partial charge >= 0.3 is 5.97 Å². The van der Waals surface area contributed by atoms with E-state index in [1.165, 1.54) is 22.4 Å². The Hall–Kier alpha value is -4.06. The van der Waals surface area contributed by atoms with Crippen LogP contribution in [0.4, 0.5) is 0 Å². The Balaban J connectivity index is 1.59. The summed E-state index contributed by atoms with van der Waals surface area (Å²) in [6.45, 7) is 1.11. The number of carbonyl (C=O) groups is 2. The lowest BCUT2D eigenvalue weighted by atomic mass is 9.90. The van der Waals surface area contributed by atoms with Crippen molar-refractivity contribution < 1.29 is 19.4 Å². The number of nitrogens with zero attached hydrogens (tertiary/aromatic N) is 1. The summed E-state index contributed by atoms with van der Waals surface area (Å²) in [5, 5.41) is 13.2. The number of benzene rings is 3. The maximum absolute atomic E-state index is 11.5. The molecule has 0 radical (unpaired) electrons. The van der Waals surface area contributed by atoms with Crippen LogP contribution < -0.4 is 10.1 Å². The van der Waals surface area contributed by atoms with Crippen molar-refractivity contribution in [3.05, 3.63) is 101 Å². The highest BCUT2D eigenvalue weighted by Gasteiger charge is 2.28. The number of carboxylic acid groups (broad SMARTS) is 1. The fourth-order valence-corrected chi connectivity index (χ4v) is 5.63. The molecule has 0 saturated heterocycles. The zero-order chi connectivity index (χ0) is 26.3. The predicted molar refractivity (Wildman–Crippen MR) is 149 cm³/mol. The summed E-state index contributed by atoms with van der Waals surface area (Å²) in [6, 6.07) is 25.2. The number of nitrogens with one attached hydrogen (secondary N) is 1. The first-order valence-electron chi connectivity index (χ1n) is 13.4. The van der Waals surface area contributed by atoms with E-state index in [0.717, 1.165) is 67.3 Å². The molecular weight excluding hydrogens is 476 g/mol. The molecule has 1 aliphatic rings. The molecule has 0 aliphatic heterocycles. The summed E-state index contributed by atoms with van der Waals surface area (Å²) in [5.41, 5.74) is 7.21. The van der Waals surface area contributed by atoms with Crippen molar-refractivity contribution in [1.82, 2.24) is 9.88 Å². The zero-order valence-corrected chi connectivity index (χ0v) is 21.6. The number of carbonyl (C=O) groups excluding carboxylic acids is 1. The van der Waals surface area contributed by atoms with Gasteiger partial charge in [0.25, 0.3) is 0 Å². The second-order valence-corrected chi connectivity index (χ2v) is 9.97. The molecule has 3 aromatic carbocycles. The van der Waals surface area contributed by atoms with Gasteiger partial charge < -0.3 is 19.7 Å². The van der Waals surface area contributed by atoms with Crippen molar-refractivity contribution >= 4 is 23.3 Å². The van der Waals surface area contributed by atoms with Gasteiger partial charge in [-0.2, -0.15) is 0 Å². The molecule has 6 nitrogen and oxygen atoms in total. The molecule has 2 N–H and O–H groups in total. The second-order valence-electron chi connectivity index (χ2n) is 9.97. The molecule has 196 valence electrons. The molecule has 1 unspecified atom stereocenters. The molecule has 1 heterocycles. The number of aryl methyl sites for hydroxylation is 2. The highest BCUT2D eigenvalue weighted by atomic mass is 16.5.